The number of hydrogen-bond acceptors (Lipinski definition) is 2. The van der Waals surface area contributed by atoms with E-state index in [1.807, 2.05) is 13.8 Å². The van der Waals surface area contributed by atoms with Crippen molar-refractivity contribution < 1.29 is 4.79 Å². The first-order valence-corrected chi connectivity index (χ1v) is 2.84. The molecule has 2 N–H and O–H groups in total. The Bertz CT molecular complexity index is 110. The fraction of sp³-hybridized carbons (Fsp3) is 0.500. The van der Waals surface area contributed by atoms with Crippen LogP contribution in [0, 0.1) is 5.92 Å². The number of amides is 1. The van der Waals surface area contributed by atoms with Gasteiger partial charge in [-0.15, -0.1) is 0 Å². The third-order valence-electron chi connectivity index (χ3n) is 0.822. The summed E-state index contributed by atoms with van der Waals surface area (Å²) in [5, 5.41) is 0. The van der Waals surface area contributed by atoms with E-state index in [4.69, 9.17) is 0 Å². The normalized spacial score (nSPS) is 8.78. The SMILES string of the molecule is C=CNNC(=O)C(C)C. The van der Waals surface area contributed by atoms with Gasteiger partial charge in [0.1, 0.15) is 0 Å². The maximum absolute atomic E-state index is 10.7. The molecule has 52 valence electrons. The summed E-state index contributed by atoms with van der Waals surface area (Å²) in [6, 6.07) is 0. The van der Waals surface area contributed by atoms with Gasteiger partial charge in [0, 0.05) is 12.1 Å². The smallest absolute Gasteiger partial charge is 0.240 e. The second kappa shape index (κ2) is 3.95. The van der Waals surface area contributed by atoms with Crippen molar-refractivity contribution in [2.24, 2.45) is 5.92 Å². The monoisotopic (exact) mass is 128 g/mol. The van der Waals surface area contributed by atoms with Gasteiger partial charge < -0.3 is 5.43 Å². The Hall–Kier alpha value is -0.990. The van der Waals surface area contributed by atoms with Crippen LogP contribution in [0.5, 0.6) is 0 Å². The van der Waals surface area contributed by atoms with Gasteiger partial charge in [0.15, 0.2) is 0 Å². The number of rotatable bonds is 3. The molecule has 0 spiro atoms. The molecule has 0 rings (SSSR count). The number of hydrazine groups is 1. The molecule has 0 aliphatic carbocycles. The van der Waals surface area contributed by atoms with Crippen LogP contribution in [0.25, 0.3) is 0 Å². The summed E-state index contributed by atoms with van der Waals surface area (Å²) < 4.78 is 0. The molecule has 0 fully saturated rings. The number of carbonyl (C=O) groups is 1. The Morgan fingerprint density at radius 1 is 1.67 bits per heavy atom. The molecule has 0 bridgehead atoms. The van der Waals surface area contributed by atoms with Crippen LogP contribution >= 0.6 is 0 Å². The molecule has 0 aromatic heterocycles. The Morgan fingerprint density at radius 3 is 2.56 bits per heavy atom. The molecule has 0 saturated heterocycles. The summed E-state index contributed by atoms with van der Waals surface area (Å²) in [7, 11) is 0. The summed E-state index contributed by atoms with van der Waals surface area (Å²) in [5.41, 5.74) is 4.92. The van der Waals surface area contributed by atoms with Gasteiger partial charge in [0.25, 0.3) is 0 Å². The van der Waals surface area contributed by atoms with Gasteiger partial charge in [0.2, 0.25) is 5.91 Å². The minimum atomic E-state index is -0.0325. The van der Waals surface area contributed by atoms with Gasteiger partial charge in [-0.2, -0.15) is 0 Å². The topological polar surface area (TPSA) is 41.1 Å². The fourth-order valence-corrected chi connectivity index (χ4v) is 0.266. The van der Waals surface area contributed by atoms with Gasteiger partial charge in [0.05, 0.1) is 0 Å². The molecule has 1 amide bonds. The van der Waals surface area contributed by atoms with Crippen molar-refractivity contribution in [3.63, 3.8) is 0 Å². The molecule has 0 radical (unpaired) electrons. The highest BCUT2D eigenvalue weighted by Gasteiger charge is 2.02. The van der Waals surface area contributed by atoms with Gasteiger partial charge in [-0.25, -0.2) is 0 Å². The highest BCUT2D eigenvalue weighted by molar-refractivity contribution is 5.77. The second-order valence-electron chi connectivity index (χ2n) is 1.99. The van der Waals surface area contributed by atoms with Crippen LogP contribution in [0.2, 0.25) is 0 Å². The summed E-state index contributed by atoms with van der Waals surface area (Å²) in [6.45, 7) is 7.01. The van der Waals surface area contributed by atoms with Crippen molar-refractivity contribution >= 4 is 5.91 Å². The van der Waals surface area contributed by atoms with E-state index < -0.39 is 0 Å². The average Bonchev–Trinajstić information content (AvgIpc) is 1.82. The highest BCUT2D eigenvalue weighted by atomic mass is 16.2. The van der Waals surface area contributed by atoms with Crippen molar-refractivity contribution in [2.75, 3.05) is 0 Å². The van der Waals surface area contributed by atoms with Crippen LogP contribution in [-0.4, -0.2) is 5.91 Å². The quantitative estimate of drug-likeness (QED) is 0.540. The summed E-state index contributed by atoms with van der Waals surface area (Å²) in [5.74, 6) is -0.0210. The predicted octanol–water partition coefficient (Wildman–Crippen LogP) is 0.407. The van der Waals surface area contributed by atoms with E-state index in [0.29, 0.717) is 0 Å². The zero-order valence-corrected chi connectivity index (χ0v) is 5.77. The zero-order chi connectivity index (χ0) is 7.28. The maximum atomic E-state index is 10.7. The Labute approximate surface area is 55.1 Å². The molecule has 3 heteroatoms. The number of carbonyl (C=O) groups excluding carboxylic acids is 1. The first kappa shape index (κ1) is 8.01. The molecule has 0 atom stereocenters. The number of nitrogens with one attached hydrogen (secondary N) is 2. The molecule has 3 nitrogen and oxygen atoms in total. The van der Waals surface area contributed by atoms with Crippen molar-refractivity contribution in [1.29, 1.82) is 0 Å². The standard InChI is InChI=1S/C6H12N2O/c1-4-7-8-6(9)5(2)3/h4-5,7H,1H2,2-3H3,(H,8,9). The lowest BCUT2D eigenvalue weighted by Crippen LogP contribution is -2.36. The molecule has 0 aromatic rings. The lowest BCUT2D eigenvalue weighted by atomic mass is 10.2. The summed E-state index contributed by atoms with van der Waals surface area (Å²) in [4.78, 5) is 10.7. The summed E-state index contributed by atoms with van der Waals surface area (Å²) >= 11 is 0. The first-order valence-electron chi connectivity index (χ1n) is 2.84. The second-order valence-corrected chi connectivity index (χ2v) is 1.99. The van der Waals surface area contributed by atoms with E-state index in [0.717, 1.165) is 0 Å². The third kappa shape index (κ3) is 3.58. The average molecular weight is 128 g/mol. The van der Waals surface area contributed by atoms with Crippen molar-refractivity contribution in [3.8, 4) is 0 Å². The van der Waals surface area contributed by atoms with E-state index in [1.54, 1.807) is 0 Å². The summed E-state index contributed by atoms with van der Waals surface area (Å²) in [6.07, 6.45) is 1.42. The molecule has 0 unspecified atom stereocenters. The molecule has 0 aliphatic heterocycles. The van der Waals surface area contributed by atoms with Crippen LogP contribution < -0.4 is 10.9 Å². The Morgan fingerprint density at radius 2 is 2.22 bits per heavy atom. The molecular formula is C6H12N2O. The predicted molar refractivity (Wildman–Crippen MR) is 36.3 cm³/mol. The first-order chi connectivity index (χ1) is 4.18. The largest absolute Gasteiger partial charge is 0.307 e. The lowest BCUT2D eigenvalue weighted by Gasteiger charge is -2.04. The fourth-order valence-electron chi connectivity index (χ4n) is 0.266. The molecule has 0 aliphatic rings. The van der Waals surface area contributed by atoms with E-state index in [-0.39, 0.29) is 11.8 Å². The van der Waals surface area contributed by atoms with E-state index in [1.165, 1.54) is 6.20 Å². The minimum absolute atomic E-state index is 0.0115. The van der Waals surface area contributed by atoms with Crippen LogP contribution in [0.4, 0.5) is 0 Å². The minimum Gasteiger partial charge on any atom is -0.307 e. The molecule has 0 saturated carbocycles. The molecule has 0 aromatic carbocycles. The van der Waals surface area contributed by atoms with Crippen LogP contribution in [0.15, 0.2) is 12.8 Å². The third-order valence-corrected chi connectivity index (χ3v) is 0.822. The van der Waals surface area contributed by atoms with E-state index >= 15 is 0 Å². The number of hydrogen-bond donors (Lipinski definition) is 2. The van der Waals surface area contributed by atoms with E-state index in [2.05, 4.69) is 17.4 Å². The highest BCUT2D eigenvalue weighted by Crippen LogP contribution is 1.87. The van der Waals surface area contributed by atoms with Crippen LogP contribution in [-0.2, 0) is 4.79 Å². The molecular weight excluding hydrogens is 116 g/mol. The van der Waals surface area contributed by atoms with Gasteiger partial charge >= 0.3 is 0 Å². The van der Waals surface area contributed by atoms with Gasteiger partial charge in [-0.3, -0.25) is 10.2 Å². The van der Waals surface area contributed by atoms with E-state index in [9.17, 15) is 4.79 Å². The van der Waals surface area contributed by atoms with Crippen LogP contribution in [0.1, 0.15) is 13.8 Å². The van der Waals surface area contributed by atoms with Crippen molar-refractivity contribution in [1.82, 2.24) is 10.9 Å². The zero-order valence-electron chi connectivity index (χ0n) is 5.77. The molecule has 9 heavy (non-hydrogen) atoms. The Balaban J connectivity index is 3.38. The van der Waals surface area contributed by atoms with Gasteiger partial charge in [-0.1, -0.05) is 20.4 Å². The van der Waals surface area contributed by atoms with Crippen molar-refractivity contribution in [3.05, 3.63) is 12.8 Å². The van der Waals surface area contributed by atoms with Gasteiger partial charge in [-0.05, 0) is 0 Å². The maximum Gasteiger partial charge on any atom is 0.240 e. The Kier molecular flexibility index (Phi) is 3.51. The van der Waals surface area contributed by atoms with Crippen molar-refractivity contribution in [2.45, 2.75) is 13.8 Å². The lowest BCUT2D eigenvalue weighted by molar-refractivity contribution is -0.124. The molecule has 0 heterocycles. The van der Waals surface area contributed by atoms with Crippen LogP contribution in [0.3, 0.4) is 0 Å².